The smallest absolute Gasteiger partial charge is 0.178 e. The molecule has 1 aliphatic heterocycles. The van der Waals surface area contributed by atoms with E-state index in [2.05, 4.69) is 16.5 Å². The number of aromatic amines is 1. The fraction of sp³-hybridized carbons (Fsp3) is 0.533. The van der Waals surface area contributed by atoms with Crippen LogP contribution in [-0.2, 0) is 4.74 Å². The monoisotopic (exact) mass is 308 g/mol. The molecular weight excluding hydrogens is 288 g/mol. The number of aromatic nitrogens is 2. The van der Waals surface area contributed by atoms with Gasteiger partial charge in [-0.2, -0.15) is 0 Å². The Morgan fingerprint density at radius 2 is 2.00 bits per heavy atom. The van der Waals surface area contributed by atoms with Gasteiger partial charge in [-0.3, -0.25) is 0 Å². The largest absolute Gasteiger partial charge is 0.493 e. The van der Waals surface area contributed by atoms with Gasteiger partial charge in [0.05, 0.1) is 31.4 Å². The molecule has 0 spiro atoms. The predicted molar refractivity (Wildman–Crippen MR) is 83.9 cm³/mol. The SMILES string of the molecule is COc1cc2[nH]c(=S)n(C3CCOC(C)C3)c2cc1OC. The Morgan fingerprint density at radius 1 is 1.29 bits per heavy atom. The Kier molecular flexibility index (Phi) is 3.91. The van der Waals surface area contributed by atoms with Crippen molar-refractivity contribution < 1.29 is 14.2 Å². The number of nitrogens with zero attached hydrogens (tertiary/aromatic N) is 1. The van der Waals surface area contributed by atoms with Crippen LogP contribution in [0, 0.1) is 4.77 Å². The summed E-state index contributed by atoms with van der Waals surface area (Å²) in [6.07, 6.45) is 2.20. The fourth-order valence-electron chi connectivity index (χ4n) is 3.02. The van der Waals surface area contributed by atoms with Gasteiger partial charge < -0.3 is 23.8 Å². The highest BCUT2D eigenvalue weighted by Gasteiger charge is 2.23. The molecule has 2 atom stereocenters. The number of imidazole rings is 1. The zero-order valence-electron chi connectivity index (χ0n) is 12.5. The first-order valence-corrected chi connectivity index (χ1v) is 7.52. The highest BCUT2D eigenvalue weighted by molar-refractivity contribution is 7.71. The van der Waals surface area contributed by atoms with Crippen LogP contribution >= 0.6 is 12.2 Å². The third kappa shape index (κ3) is 2.53. The zero-order chi connectivity index (χ0) is 15.0. The summed E-state index contributed by atoms with van der Waals surface area (Å²) in [6.45, 7) is 2.88. The Morgan fingerprint density at radius 3 is 2.67 bits per heavy atom. The van der Waals surface area contributed by atoms with E-state index in [1.165, 1.54) is 0 Å². The second-order valence-electron chi connectivity index (χ2n) is 5.38. The molecule has 1 aromatic carbocycles. The number of benzene rings is 1. The van der Waals surface area contributed by atoms with Gasteiger partial charge in [0.2, 0.25) is 0 Å². The average molecular weight is 308 g/mol. The van der Waals surface area contributed by atoms with Crippen molar-refractivity contribution in [1.29, 1.82) is 0 Å². The number of hydrogen-bond acceptors (Lipinski definition) is 4. The van der Waals surface area contributed by atoms with Gasteiger partial charge >= 0.3 is 0 Å². The minimum absolute atomic E-state index is 0.260. The molecule has 1 saturated heterocycles. The Labute approximate surface area is 128 Å². The van der Waals surface area contributed by atoms with Gasteiger partial charge in [0.25, 0.3) is 0 Å². The van der Waals surface area contributed by atoms with Gasteiger partial charge in [0.15, 0.2) is 16.3 Å². The molecule has 5 nitrogen and oxygen atoms in total. The highest BCUT2D eigenvalue weighted by Crippen LogP contribution is 2.35. The van der Waals surface area contributed by atoms with E-state index in [1.807, 2.05) is 12.1 Å². The number of rotatable bonds is 3. The third-order valence-electron chi connectivity index (χ3n) is 4.04. The number of methoxy groups -OCH3 is 2. The van der Waals surface area contributed by atoms with Gasteiger partial charge in [-0.15, -0.1) is 0 Å². The van der Waals surface area contributed by atoms with E-state index in [9.17, 15) is 0 Å². The van der Waals surface area contributed by atoms with Crippen LogP contribution in [0.2, 0.25) is 0 Å². The summed E-state index contributed by atoms with van der Waals surface area (Å²) < 4.78 is 19.3. The van der Waals surface area contributed by atoms with Crippen LogP contribution in [-0.4, -0.2) is 36.5 Å². The minimum Gasteiger partial charge on any atom is -0.493 e. The molecule has 1 aliphatic rings. The first-order chi connectivity index (χ1) is 10.1. The summed E-state index contributed by atoms with van der Waals surface area (Å²) in [4.78, 5) is 3.27. The van der Waals surface area contributed by atoms with Crippen LogP contribution < -0.4 is 9.47 Å². The molecule has 2 unspecified atom stereocenters. The van der Waals surface area contributed by atoms with E-state index in [4.69, 9.17) is 26.4 Å². The lowest BCUT2D eigenvalue weighted by Gasteiger charge is -2.28. The summed E-state index contributed by atoms with van der Waals surface area (Å²) in [6, 6.07) is 4.28. The van der Waals surface area contributed by atoms with E-state index in [0.29, 0.717) is 17.5 Å². The molecule has 0 aliphatic carbocycles. The molecule has 1 aromatic heterocycles. The average Bonchev–Trinajstić information content (AvgIpc) is 2.80. The number of hydrogen-bond donors (Lipinski definition) is 1. The van der Waals surface area contributed by atoms with Crippen LogP contribution in [0.1, 0.15) is 25.8 Å². The molecule has 0 amide bonds. The summed E-state index contributed by atoms with van der Waals surface area (Å²) >= 11 is 5.52. The summed E-state index contributed by atoms with van der Waals surface area (Å²) in [7, 11) is 3.28. The van der Waals surface area contributed by atoms with Crippen molar-refractivity contribution in [3.8, 4) is 11.5 Å². The molecule has 0 saturated carbocycles. The van der Waals surface area contributed by atoms with Crippen molar-refractivity contribution in [3.05, 3.63) is 16.9 Å². The first-order valence-electron chi connectivity index (χ1n) is 7.12. The van der Waals surface area contributed by atoms with Crippen LogP contribution in [0.3, 0.4) is 0 Å². The van der Waals surface area contributed by atoms with Crippen LogP contribution in [0.5, 0.6) is 11.5 Å². The van der Waals surface area contributed by atoms with Gasteiger partial charge in [-0.1, -0.05) is 0 Å². The van der Waals surface area contributed by atoms with Gasteiger partial charge in [0, 0.05) is 24.8 Å². The minimum atomic E-state index is 0.260. The van der Waals surface area contributed by atoms with Crippen molar-refractivity contribution in [2.45, 2.75) is 31.9 Å². The molecule has 114 valence electrons. The lowest BCUT2D eigenvalue weighted by atomic mass is 10.0. The number of nitrogens with one attached hydrogen (secondary N) is 1. The van der Waals surface area contributed by atoms with Crippen LogP contribution in [0.15, 0.2) is 12.1 Å². The summed E-state index contributed by atoms with van der Waals surface area (Å²) in [5.41, 5.74) is 2.02. The van der Waals surface area contributed by atoms with E-state index in [-0.39, 0.29) is 6.10 Å². The predicted octanol–water partition coefficient (Wildman–Crippen LogP) is 3.46. The Bertz CT molecular complexity index is 707. The number of ether oxygens (including phenoxy) is 3. The van der Waals surface area contributed by atoms with Gasteiger partial charge in [0.1, 0.15) is 0 Å². The normalized spacial score (nSPS) is 22.4. The van der Waals surface area contributed by atoms with Crippen molar-refractivity contribution in [2.75, 3.05) is 20.8 Å². The van der Waals surface area contributed by atoms with E-state index in [0.717, 1.165) is 35.3 Å². The molecular formula is C15H20N2O3S. The highest BCUT2D eigenvalue weighted by atomic mass is 32.1. The first kappa shape index (κ1) is 14.4. The maximum absolute atomic E-state index is 5.64. The zero-order valence-corrected chi connectivity index (χ0v) is 13.3. The second kappa shape index (κ2) is 5.69. The van der Waals surface area contributed by atoms with Gasteiger partial charge in [-0.05, 0) is 32.0 Å². The number of H-pyrrole nitrogens is 1. The molecule has 6 heteroatoms. The Hall–Kier alpha value is -1.53. The fourth-order valence-corrected chi connectivity index (χ4v) is 3.38. The van der Waals surface area contributed by atoms with Crippen molar-refractivity contribution >= 4 is 23.3 Å². The number of fused-ring (bicyclic) bond motifs is 1. The maximum atomic E-state index is 5.64. The molecule has 2 aromatic rings. The van der Waals surface area contributed by atoms with Crippen molar-refractivity contribution in [3.63, 3.8) is 0 Å². The topological polar surface area (TPSA) is 48.4 Å². The van der Waals surface area contributed by atoms with E-state index >= 15 is 0 Å². The summed E-state index contributed by atoms with van der Waals surface area (Å²) in [5.74, 6) is 1.42. The summed E-state index contributed by atoms with van der Waals surface area (Å²) in [5, 5.41) is 0. The molecule has 2 heterocycles. The second-order valence-corrected chi connectivity index (χ2v) is 5.77. The van der Waals surface area contributed by atoms with Crippen molar-refractivity contribution in [2.24, 2.45) is 0 Å². The lowest BCUT2D eigenvalue weighted by Crippen LogP contribution is -2.25. The molecule has 3 rings (SSSR count). The maximum Gasteiger partial charge on any atom is 0.178 e. The molecule has 1 N–H and O–H groups in total. The van der Waals surface area contributed by atoms with Crippen LogP contribution in [0.25, 0.3) is 11.0 Å². The van der Waals surface area contributed by atoms with E-state index in [1.54, 1.807) is 14.2 Å². The van der Waals surface area contributed by atoms with Crippen molar-refractivity contribution in [1.82, 2.24) is 9.55 Å². The Balaban J connectivity index is 2.13. The third-order valence-corrected chi connectivity index (χ3v) is 4.34. The molecule has 0 radical (unpaired) electrons. The molecule has 0 bridgehead atoms. The quantitative estimate of drug-likeness (QED) is 0.882. The van der Waals surface area contributed by atoms with Crippen LogP contribution in [0.4, 0.5) is 0 Å². The molecule has 1 fully saturated rings. The van der Waals surface area contributed by atoms with Gasteiger partial charge in [-0.25, -0.2) is 0 Å². The standard InChI is InChI=1S/C15H20N2O3S/c1-9-6-10(4-5-20-9)17-12-8-14(19-3)13(18-2)7-11(12)16-15(17)21/h7-10H,4-6H2,1-3H3,(H,16,21). The lowest BCUT2D eigenvalue weighted by molar-refractivity contribution is 0.00647. The van der Waals surface area contributed by atoms with E-state index < -0.39 is 0 Å². The molecule has 21 heavy (non-hydrogen) atoms.